The molecule has 0 saturated carbocycles. The highest BCUT2D eigenvalue weighted by Crippen LogP contribution is 2.39. The highest BCUT2D eigenvalue weighted by molar-refractivity contribution is 7.92. The Morgan fingerprint density at radius 2 is 1.64 bits per heavy atom. The topological polar surface area (TPSA) is 105 Å². The van der Waals surface area contributed by atoms with Gasteiger partial charge in [-0.15, -0.1) is 0 Å². The summed E-state index contributed by atoms with van der Waals surface area (Å²) >= 11 is 0. The molecule has 0 radical (unpaired) electrons. The fourth-order valence-corrected chi connectivity index (χ4v) is 4.95. The lowest BCUT2D eigenvalue weighted by atomic mass is 10.1. The number of amides is 2. The summed E-state index contributed by atoms with van der Waals surface area (Å²) in [5.41, 5.74) is 3.05. The van der Waals surface area contributed by atoms with Crippen molar-refractivity contribution in [1.29, 1.82) is 0 Å². The molecule has 9 heteroatoms. The smallest absolute Gasteiger partial charge is 0.262 e. The van der Waals surface area contributed by atoms with Crippen LogP contribution in [0.25, 0.3) is 0 Å². The van der Waals surface area contributed by atoms with Gasteiger partial charge in [0.05, 0.1) is 16.1 Å². The summed E-state index contributed by atoms with van der Waals surface area (Å²) in [5.74, 6) is 0.320. The minimum atomic E-state index is -3.94. The average Bonchev–Trinajstić information content (AvgIpc) is 2.83. The number of benzene rings is 3. The van der Waals surface area contributed by atoms with Crippen LogP contribution in [-0.4, -0.2) is 27.3 Å². The quantitative estimate of drug-likeness (QED) is 0.593. The minimum Gasteiger partial charge on any atom is -0.454 e. The molecule has 0 unspecified atom stereocenters. The van der Waals surface area contributed by atoms with Crippen LogP contribution in [0.5, 0.6) is 11.5 Å². The molecule has 8 nitrogen and oxygen atoms in total. The number of carbonyl (C=O) groups excluding carboxylic acids is 2. The van der Waals surface area contributed by atoms with E-state index in [0.29, 0.717) is 28.4 Å². The normalized spacial score (nSPS) is 12.8. The Labute approximate surface area is 192 Å². The van der Waals surface area contributed by atoms with Gasteiger partial charge in [-0.25, -0.2) is 8.42 Å². The average molecular weight is 466 g/mol. The SMILES string of the molecule is CC(=O)Nc1ccc(S(=O)(=O)Nc2ccc3c(c2)C(=O)N(C)c2cc(C)ccc2O3)c(C)c1. The lowest BCUT2D eigenvalue weighted by Gasteiger charge is -2.17. The van der Waals surface area contributed by atoms with E-state index in [1.807, 2.05) is 19.1 Å². The highest BCUT2D eigenvalue weighted by Gasteiger charge is 2.27. The van der Waals surface area contributed by atoms with Gasteiger partial charge in [0.2, 0.25) is 5.91 Å². The zero-order valence-electron chi connectivity index (χ0n) is 18.6. The Kier molecular flexibility index (Phi) is 5.59. The molecule has 33 heavy (non-hydrogen) atoms. The summed E-state index contributed by atoms with van der Waals surface area (Å²) in [6.07, 6.45) is 0. The van der Waals surface area contributed by atoms with Crippen molar-refractivity contribution in [2.24, 2.45) is 0 Å². The van der Waals surface area contributed by atoms with Crippen molar-refractivity contribution in [3.8, 4) is 11.5 Å². The Hall–Kier alpha value is -3.85. The van der Waals surface area contributed by atoms with Gasteiger partial charge in [0.15, 0.2) is 5.75 Å². The summed E-state index contributed by atoms with van der Waals surface area (Å²) in [7, 11) is -2.29. The zero-order valence-corrected chi connectivity index (χ0v) is 19.4. The first-order valence-electron chi connectivity index (χ1n) is 10.2. The second-order valence-corrected chi connectivity index (χ2v) is 9.57. The molecule has 0 spiro atoms. The maximum absolute atomic E-state index is 13.1. The number of hydrogen-bond donors (Lipinski definition) is 2. The van der Waals surface area contributed by atoms with E-state index in [1.165, 1.54) is 30.0 Å². The van der Waals surface area contributed by atoms with Gasteiger partial charge in [-0.1, -0.05) is 6.07 Å². The summed E-state index contributed by atoms with van der Waals surface area (Å²) in [4.78, 5) is 25.9. The summed E-state index contributed by atoms with van der Waals surface area (Å²) in [5, 5.41) is 2.62. The lowest BCUT2D eigenvalue weighted by Crippen LogP contribution is -2.25. The second kappa shape index (κ2) is 8.25. The standard InChI is InChI=1S/C24H23N3O5S/c1-14-5-8-22-20(11-14)27(4)24(29)19-13-18(6-9-21(19)32-22)26-33(30,31)23-10-7-17(12-15(23)2)25-16(3)28/h5-13,26H,1-4H3,(H,25,28). The molecule has 3 aromatic carbocycles. The maximum Gasteiger partial charge on any atom is 0.262 e. The molecule has 2 amide bonds. The van der Waals surface area contributed by atoms with Gasteiger partial charge in [0.25, 0.3) is 15.9 Å². The summed E-state index contributed by atoms with van der Waals surface area (Å²) in [6.45, 7) is 4.94. The number of aryl methyl sites for hydroxylation is 2. The molecule has 1 heterocycles. The number of rotatable bonds is 4. The van der Waals surface area contributed by atoms with Crippen molar-refractivity contribution in [3.05, 3.63) is 71.3 Å². The maximum atomic E-state index is 13.1. The Bertz CT molecular complexity index is 1400. The van der Waals surface area contributed by atoms with Crippen LogP contribution < -0.4 is 19.7 Å². The van der Waals surface area contributed by atoms with Crippen molar-refractivity contribution in [3.63, 3.8) is 0 Å². The predicted octanol–water partition coefficient (Wildman–Crippen LogP) is 4.44. The Balaban J connectivity index is 1.66. The van der Waals surface area contributed by atoms with Gasteiger partial charge in [0, 0.05) is 25.3 Å². The fraction of sp³-hybridized carbons (Fsp3) is 0.167. The van der Waals surface area contributed by atoms with Crippen LogP contribution in [0.2, 0.25) is 0 Å². The van der Waals surface area contributed by atoms with Gasteiger partial charge < -0.3 is 15.0 Å². The number of anilines is 3. The number of nitrogens with one attached hydrogen (secondary N) is 2. The number of nitrogens with zero attached hydrogens (tertiary/aromatic N) is 1. The molecule has 0 bridgehead atoms. The van der Waals surface area contributed by atoms with E-state index in [9.17, 15) is 18.0 Å². The molecule has 0 saturated heterocycles. The third-order valence-electron chi connectivity index (χ3n) is 5.25. The molecule has 4 rings (SSSR count). The van der Waals surface area contributed by atoms with Crippen molar-refractivity contribution < 1.29 is 22.7 Å². The van der Waals surface area contributed by atoms with Crippen LogP contribution in [0.4, 0.5) is 17.1 Å². The van der Waals surface area contributed by atoms with Crippen molar-refractivity contribution in [1.82, 2.24) is 0 Å². The first kappa shape index (κ1) is 22.3. The lowest BCUT2D eigenvalue weighted by molar-refractivity contribution is -0.114. The van der Waals surface area contributed by atoms with Crippen LogP contribution in [0.1, 0.15) is 28.4 Å². The number of ether oxygens (including phenoxy) is 1. The van der Waals surface area contributed by atoms with E-state index in [2.05, 4.69) is 10.0 Å². The van der Waals surface area contributed by atoms with E-state index >= 15 is 0 Å². The molecular formula is C24H23N3O5S. The van der Waals surface area contributed by atoms with Crippen molar-refractivity contribution >= 4 is 38.9 Å². The molecule has 0 aliphatic carbocycles. The molecule has 0 atom stereocenters. The number of sulfonamides is 1. The molecule has 0 aromatic heterocycles. The van der Waals surface area contributed by atoms with Crippen molar-refractivity contribution in [2.45, 2.75) is 25.7 Å². The minimum absolute atomic E-state index is 0.0640. The van der Waals surface area contributed by atoms with E-state index in [-0.39, 0.29) is 28.0 Å². The van der Waals surface area contributed by atoms with Gasteiger partial charge in [0.1, 0.15) is 5.75 Å². The zero-order chi connectivity index (χ0) is 23.9. The molecule has 0 fully saturated rings. The molecular weight excluding hydrogens is 442 g/mol. The highest BCUT2D eigenvalue weighted by atomic mass is 32.2. The first-order chi connectivity index (χ1) is 15.5. The fourth-order valence-electron chi connectivity index (χ4n) is 3.68. The molecule has 170 valence electrons. The number of fused-ring (bicyclic) bond motifs is 2. The monoisotopic (exact) mass is 465 g/mol. The van der Waals surface area contributed by atoms with Gasteiger partial charge in [-0.3, -0.25) is 14.3 Å². The van der Waals surface area contributed by atoms with Gasteiger partial charge in [-0.05, 0) is 73.5 Å². The predicted molar refractivity (Wildman–Crippen MR) is 127 cm³/mol. The van der Waals surface area contributed by atoms with E-state index in [0.717, 1.165) is 5.56 Å². The van der Waals surface area contributed by atoms with E-state index in [1.54, 1.807) is 38.2 Å². The van der Waals surface area contributed by atoms with Crippen LogP contribution in [-0.2, 0) is 14.8 Å². The van der Waals surface area contributed by atoms with Crippen LogP contribution in [0, 0.1) is 13.8 Å². The third kappa shape index (κ3) is 4.40. The Morgan fingerprint density at radius 1 is 0.939 bits per heavy atom. The largest absolute Gasteiger partial charge is 0.454 e. The summed E-state index contributed by atoms with van der Waals surface area (Å²) < 4.78 is 34.5. The molecule has 3 aromatic rings. The van der Waals surface area contributed by atoms with Gasteiger partial charge in [-0.2, -0.15) is 0 Å². The van der Waals surface area contributed by atoms with E-state index in [4.69, 9.17) is 4.74 Å². The van der Waals surface area contributed by atoms with Crippen LogP contribution >= 0.6 is 0 Å². The van der Waals surface area contributed by atoms with Crippen LogP contribution in [0.15, 0.2) is 59.5 Å². The number of carbonyl (C=O) groups is 2. The van der Waals surface area contributed by atoms with Crippen molar-refractivity contribution in [2.75, 3.05) is 22.0 Å². The molecule has 2 N–H and O–H groups in total. The third-order valence-corrected chi connectivity index (χ3v) is 6.79. The molecule has 1 aliphatic heterocycles. The number of hydrogen-bond acceptors (Lipinski definition) is 5. The van der Waals surface area contributed by atoms with Crippen LogP contribution in [0.3, 0.4) is 0 Å². The Morgan fingerprint density at radius 3 is 2.33 bits per heavy atom. The summed E-state index contributed by atoms with van der Waals surface area (Å²) in [6, 6.07) is 14.7. The van der Waals surface area contributed by atoms with Gasteiger partial charge >= 0.3 is 0 Å². The molecule has 1 aliphatic rings. The first-order valence-corrected chi connectivity index (χ1v) is 11.6. The second-order valence-electron chi connectivity index (χ2n) is 7.92. The van der Waals surface area contributed by atoms with E-state index < -0.39 is 10.0 Å².